The second-order valence-corrected chi connectivity index (χ2v) is 4.18. The first-order valence-electron chi connectivity index (χ1n) is 6.40. The Morgan fingerprint density at radius 3 is 2.24 bits per heavy atom. The lowest BCUT2D eigenvalue weighted by molar-refractivity contribution is -0.120. The molecule has 1 rings (SSSR count). The molecule has 0 aromatic heterocycles. The fraction of sp³-hybridized carbons (Fsp3) is 0.917. The van der Waals surface area contributed by atoms with Gasteiger partial charge in [-0.05, 0) is 7.05 Å². The van der Waals surface area contributed by atoms with Crippen LogP contribution in [0.4, 0.5) is 0 Å². The van der Waals surface area contributed by atoms with Crippen molar-refractivity contribution in [2.75, 3.05) is 46.4 Å². The van der Waals surface area contributed by atoms with Crippen molar-refractivity contribution in [3.05, 3.63) is 0 Å². The second kappa shape index (κ2) is 9.39. The SMILES string of the molecule is CC.CC(=O)NC(CO)CN1CCN(C)CC1. The second-order valence-electron chi connectivity index (χ2n) is 4.18. The van der Waals surface area contributed by atoms with E-state index in [-0.39, 0.29) is 18.6 Å². The number of piperazine rings is 1. The molecule has 1 aliphatic rings. The van der Waals surface area contributed by atoms with Crippen LogP contribution in [0.2, 0.25) is 0 Å². The largest absolute Gasteiger partial charge is 0.394 e. The van der Waals surface area contributed by atoms with E-state index in [1.807, 2.05) is 13.8 Å². The molecule has 1 aliphatic heterocycles. The number of hydrogen-bond donors (Lipinski definition) is 2. The van der Waals surface area contributed by atoms with Crippen molar-refractivity contribution in [2.45, 2.75) is 26.8 Å². The Hall–Kier alpha value is -0.650. The Morgan fingerprint density at radius 2 is 1.82 bits per heavy atom. The van der Waals surface area contributed by atoms with Crippen molar-refractivity contribution in [3.8, 4) is 0 Å². The van der Waals surface area contributed by atoms with Crippen LogP contribution >= 0.6 is 0 Å². The lowest BCUT2D eigenvalue weighted by Gasteiger charge is -2.34. The number of amides is 1. The van der Waals surface area contributed by atoms with Crippen LogP contribution in [0.15, 0.2) is 0 Å². The minimum Gasteiger partial charge on any atom is -0.394 e. The summed E-state index contributed by atoms with van der Waals surface area (Å²) in [5.41, 5.74) is 0. The molecule has 1 fully saturated rings. The summed E-state index contributed by atoms with van der Waals surface area (Å²) in [6.45, 7) is 10.3. The summed E-state index contributed by atoms with van der Waals surface area (Å²) in [5.74, 6) is -0.0804. The van der Waals surface area contributed by atoms with Gasteiger partial charge in [0.15, 0.2) is 0 Å². The van der Waals surface area contributed by atoms with E-state index >= 15 is 0 Å². The highest BCUT2D eigenvalue weighted by Crippen LogP contribution is 2.00. The first-order chi connectivity index (χ1) is 8.11. The monoisotopic (exact) mass is 245 g/mol. The molecular weight excluding hydrogens is 218 g/mol. The molecule has 17 heavy (non-hydrogen) atoms. The normalized spacial score (nSPS) is 19.1. The first kappa shape index (κ1) is 16.4. The van der Waals surface area contributed by atoms with Gasteiger partial charge in [-0.25, -0.2) is 0 Å². The predicted molar refractivity (Wildman–Crippen MR) is 70.0 cm³/mol. The zero-order chi connectivity index (χ0) is 13.3. The molecule has 0 aromatic rings. The van der Waals surface area contributed by atoms with E-state index in [0.717, 1.165) is 32.7 Å². The topological polar surface area (TPSA) is 55.8 Å². The molecule has 0 saturated carbocycles. The Labute approximate surface area is 105 Å². The molecule has 0 bridgehead atoms. The third-order valence-electron chi connectivity index (χ3n) is 2.70. The number of rotatable bonds is 4. The van der Waals surface area contributed by atoms with E-state index in [9.17, 15) is 4.79 Å². The molecule has 2 N–H and O–H groups in total. The third kappa shape index (κ3) is 7.31. The molecule has 5 nitrogen and oxygen atoms in total. The number of likely N-dealkylation sites (N-methyl/N-ethyl adjacent to an activating group) is 1. The minimum atomic E-state index is -0.133. The Kier molecular flexibility index (Phi) is 9.03. The van der Waals surface area contributed by atoms with E-state index in [4.69, 9.17) is 5.11 Å². The van der Waals surface area contributed by atoms with Gasteiger partial charge >= 0.3 is 0 Å². The first-order valence-corrected chi connectivity index (χ1v) is 6.40. The van der Waals surface area contributed by atoms with Crippen LogP contribution in [-0.2, 0) is 4.79 Å². The van der Waals surface area contributed by atoms with Crippen LogP contribution < -0.4 is 5.32 Å². The van der Waals surface area contributed by atoms with Gasteiger partial charge in [-0.3, -0.25) is 9.69 Å². The van der Waals surface area contributed by atoms with Gasteiger partial charge in [0.25, 0.3) is 0 Å². The average molecular weight is 245 g/mol. The summed E-state index contributed by atoms with van der Waals surface area (Å²) < 4.78 is 0. The molecule has 0 radical (unpaired) electrons. The molecule has 1 atom stereocenters. The Bertz CT molecular complexity index is 204. The predicted octanol–water partition coefficient (Wildman–Crippen LogP) is -0.243. The van der Waals surface area contributed by atoms with Crippen LogP contribution in [0.25, 0.3) is 0 Å². The number of nitrogens with zero attached hydrogens (tertiary/aromatic N) is 2. The van der Waals surface area contributed by atoms with Crippen molar-refractivity contribution in [2.24, 2.45) is 0 Å². The molecule has 5 heteroatoms. The molecule has 1 unspecified atom stereocenters. The molecule has 1 saturated heterocycles. The Balaban J connectivity index is 0.00000121. The van der Waals surface area contributed by atoms with Crippen LogP contribution in [0.5, 0.6) is 0 Å². The fourth-order valence-electron chi connectivity index (χ4n) is 1.78. The van der Waals surface area contributed by atoms with Crippen molar-refractivity contribution in [3.63, 3.8) is 0 Å². The van der Waals surface area contributed by atoms with Crippen molar-refractivity contribution in [1.29, 1.82) is 0 Å². The Morgan fingerprint density at radius 1 is 1.29 bits per heavy atom. The zero-order valence-electron chi connectivity index (χ0n) is 11.6. The fourth-order valence-corrected chi connectivity index (χ4v) is 1.78. The van der Waals surface area contributed by atoms with E-state index in [0.29, 0.717) is 0 Å². The van der Waals surface area contributed by atoms with Gasteiger partial charge in [0, 0.05) is 39.6 Å². The molecule has 102 valence electrons. The summed E-state index contributed by atoms with van der Waals surface area (Å²) in [4.78, 5) is 15.4. The van der Waals surface area contributed by atoms with Crippen LogP contribution in [0.1, 0.15) is 20.8 Å². The summed E-state index contributed by atoms with van der Waals surface area (Å²) in [6.07, 6.45) is 0. The standard InChI is InChI=1S/C10H21N3O2.C2H6/c1-9(15)11-10(8-14)7-13-5-3-12(2)4-6-13;1-2/h10,14H,3-8H2,1-2H3,(H,11,15);1-2H3. The number of carbonyl (C=O) groups excluding carboxylic acids is 1. The third-order valence-corrected chi connectivity index (χ3v) is 2.70. The molecule has 1 amide bonds. The molecule has 0 aliphatic carbocycles. The van der Waals surface area contributed by atoms with Gasteiger partial charge in [0.2, 0.25) is 5.91 Å². The summed E-state index contributed by atoms with van der Waals surface area (Å²) in [6, 6.07) is -0.133. The highest BCUT2D eigenvalue weighted by Gasteiger charge is 2.18. The van der Waals surface area contributed by atoms with Crippen molar-refractivity contribution >= 4 is 5.91 Å². The lowest BCUT2D eigenvalue weighted by atomic mass is 10.2. The van der Waals surface area contributed by atoms with Gasteiger partial charge in [-0.1, -0.05) is 13.8 Å². The minimum absolute atomic E-state index is 0.00587. The van der Waals surface area contributed by atoms with Gasteiger partial charge in [0.05, 0.1) is 12.6 Å². The van der Waals surface area contributed by atoms with E-state index in [1.54, 1.807) is 0 Å². The van der Waals surface area contributed by atoms with Crippen molar-refractivity contribution < 1.29 is 9.90 Å². The maximum Gasteiger partial charge on any atom is 0.217 e. The highest BCUT2D eigenvalue weighted by molar-refractivity contribution is 5.73. The van der Waals surface area contributed by atoms with Crippen LogP contribution in [0, 0.1) is 0 Å². The van der Waals surface area contributed by atoms with Gasteiger partial charge in [0.1, 0.15) is 0 Å². The average Bonchev–Trinajstić information content (AvgIpc) is 2.33. The van der Waals surface area contributed by atoms with Crippen LogP contribution in [-0.4, -0.2) is 73.2 Å². The van der Waals surface area contributed by atoms with E-state index in [2.05, 4.69) is 22.2 Å². The summed E-state index contributed by atoms with van der Waals surface area (Å²) >= 11 is 0. The quantitative estimate of drug-likeness (QED) is 0.717. The number of carbonyl (C=O) groups is 1. The molecule has 1 heterocycles. The zero-order valence-corrected chi connectivity index (χ0v) is 11.6. The summed E-state index contributed by atoms with van der Waals surface area (Å²) in [5, 5.41) is 11.8. The number of hydrogen-bond acceptors (Lipinski definition) is 4. The van der Waals surface area contributed by atoms with Crippen LogP contribution in [0.3, 0.4) is 0 Å². The van der Waals surface area contributed by atoms with E-state index in [1.165, 1.54) is 6.92 Å². The molecular formula is C12H27N3O2. The maximum atomic E-state index is 10.9. The number of aliphatic hydroxyl groups excluding tert-OH is 1. The number of aliphatic hydroxyl groups is 1. The van der Waals surface area contributed by atoms with Gasteiger partial charge < -0.3 is 15.3 Å². The summed E-state index contributed by atoms with van der Waals surface area (Å²) in [7, 11) is 2.11. The number of nitrogens with one attached hydrogen (secondary N) is 1. The molecule has 0 spiro atoms. The lowest BCUT2D eigenvalue weighted by Crippen LogP contribution is -2.51. The highest BCUT2D eigenvalue weighted by atomic mass is 16.3. The molecule has 0 aromatic carbocycles. The smallest absolute Gasteiger partial charge is 0.217 e. The maximum absolute atomic E-state index is 10.9. The van der Waals surface area contributed by atoms with Gasteiger partial charge in [-0.2, -0.15) is 0 Å². The van der Waals surface area contributed by atoms with Gasteiger partial charge in [-0.15, -0.1) is 0 Å². The van der Waals surface area contributed by atoms with Crippen molar-refractivity contribution in [1.82, 2.24) is 15.1 Å². The van der Waals surface area contributed by atoms with E-state index < -0.39 is 0 Å².